The van der Waals surface area contributed by atoms with Gasteiger partial charge < -0.3 is 5.32 Å². The molecule has 2 atom stereocenters. The Bertz CT molecular complexity index is 116. The molecule has 1 aliphatic heterocycles. The summed E-state index contributed by atoms with van der Waals surface area (Å²) in [5, 5.41) is 3.09. The zero-order valence-corrected chi connectivity index (χ0v) is 6.95. The number of hydrogen-bond donors (Lipinski definition) is 1. The molecule has 2 unspecified atom stereocenters. The van der Waals surface area contributed by atoms with E-state index in [-0.39, 0.29) is 12.0 Å². The van der Waals surface area contributed by atoms with Crippen molar-refractivity contribution in [1.29, 1.82) is 0 Å². The van der Waals surface area contributed by atoms with Crippen LogP contribution in [0.4, 0.5) is 4.39 Å². The first-order valence-electron chi connectivity index (χ1n) is 3.97. The molecule has 1 aliphatic rings. The fraction of sp³-hybridized carbons (Fsp3) is 1.00. The molecule has 60 valence electrons. The van der Waals surface area contributed by atoms with Crippen LogP contribution in [0.15, 0.2) is 0 Å². The Morgan fingerprint density at radius 2 is 2.10 bits per heavy atom. The molecule has 0 spiro atoms. The molecule has 1 nitrogen and oxygen atoms in total. The van der Waals surface area contributed by atoms with Crippen molar-refractivity contribution in [2.75, 3.05) is 6.54 Å². The standard InChI is InChI=1S/C8H16FN/c1-6(2)8(3,9)7-4-5-10-7/h6-7,10H,4-5H2,1-3H3. The number of halogens is 1. The second kappa shape index (κ2) is 2.50. The first-order valence-corrected chi connectivity index (χ1v) is 3.97. The Balaban J connectivity index is 2.48. The lowest BCUT2D eigenvalue weighted by Crippen LogP contribution is -2.57. The highest BCUT2D eigenvalue weighted by molar-refractivity contribution is 4.96. The zero-order chi connectivity index (χ0) is 7.78. The van der Waals surface area contributed by atoms with Gasteiger partial charge in [-0.3, -0.25) is 0 Å². The Kier molecular flexibility index (Phi) is 1.99. The summed E-state index contributed by atoms with van der Waals surface area (Å²) in [5.41, 5.74) is -1.02. The van der Waals surface area contributed by atoms with Crippen molar-refractivity contribution in [3.63, 3.8) is 0 Å². The highest BCUT2D eigenvalue weighted by Crippen LogP contribution is 2.30. The summed E-state index contributed by atoms with van der Waals surface area (Å²) in [4.78, 5) is 0. The van der Waals surface area contributed by atoms with Crippen molar-refractivity contribution in [2.24, 2.45) is 5.92 Å². The molecule has 2 heteroatoms. The summed E-state index contributed by atoms with van der Waals surface area (Å²) in [5.74, 6) is 0.116. The molecule has 1 rings (SSSR count). The van der Waals surface area contributed by atoms with Crippen LogP contribution in [-0.2, 0) is 0 Å². The predicted octanol–water partition coefficient (Wildman–Crippen LogP) is 1.73. The lowest BCUT2D eigenvalue weighted by Gasteiger charge is -2.40. The van der Waals surface area contributed by atoms with E-state index in [1.165, 1.54) is 0 Å². The average molecular weight is 145 g/mol. The Morgan fingerprint density at radius 1 is 1.60 bits per heavy atom. The molecule has 1 N–H and O–H groups in total. The van der Waals surface area contributed by atoms with Crippen molar-refractivity contribution >= 4 is 0 Å². The van der Waals surface area contributed by atoms with Crippen LogP contribution >= 0.6 is 0 Å². The first-order chi connectivity index (χ1) is 4.55. The molecule has 0 aliphatic carbocycles. The largest absolute Gasteiger partial charge is 0.311 e. The van der Waals surface area contributed by atoms with Crippen molar-refractivity contribution in [2.45, 2.75) is 38.9 Å². The monoisotopic (exact) mass is 145 g/mol. The minimum atomic E-state index is -1.02. The minimum absolute atomic E-state index is 0.104. The quantitative estimate of drug-likeness (QED) is 0.624. The fourth-order valence-electron chi connectivity index (χ4n) is 1.17. The van der Waals surface area contributed by atoms with Gasteiger partial charge in [-0.2, -0.15) is 0 Å². The van der Waals surface area contributed by atoms with Crippen LogP contribution in [0.3, 0.4) is 0 Å². The summed E-state index contributed by atoms with van der Waals surface area (Å²) in [6, 6.07) is 0.104. The van der Waals surface area contributed by atoms with Gasteiger partial charge in [-0.05, 0) is 25.8 Å². The lowest BCUT2D eigenvalue weighted by molar-refractivity contribution is 0.0418. The van der Waals surface area contributed by atoms with E-state index in [1.807, 2.05) is 13.8 Å². The molecule has 1 fully saturated rings. The van der Waals surface area contributed by atoms with Crippen molar-refractivity contribution in [3.8, 4) is 0 Å². The molecule has 1 heterocycles. The summed E-state index contributed by atoms with van der Waals surface area (Å²) >= 11 is 0. The molecule has 0 aromatic rings. The third kappa shape index (κ3) is 1.17. The molecular weight excluding hydrogens is 129 g/mol. The van der Waals surface area contributed by atoms with Gasteiger partial charge in [-0.1, -0.05) is 13.8 Å². The summed E-state index contributed by atoms with van der Waals surface area (Å²) in [6.07, 6.45) is 0.991. The van der Waals surface area contributed by atoms with Crippen LogP contribution in [0, 0.1) is 5.92 Å². The van der Waals surface area contributed by atoms with Crippen LogP contribution in [0.25, 0.3) is 0 Å². The average Bonchev–Trinajstić information content (AvgIpc) is 1.57. The Morgan fingerprint density at radius 3 is 2.20 bits per heavy atom. The van der Waals surface area contributed by atoms with Gasteiger partial charge in [0.05, 0.1) is 0 Å². The first kappa shape index (κ1) is 7.99. The van der Waals surface area contributed by atoms with Gasteiger partial charge in [0.25, 0.3) is 0 Å². The number of hydrogen-bond acceptors (Lipinski definition) is 1. The molecule has 0 bridgehead atoms. The normalized spacial score (nSPS) is 31.5. The lowest BCUT2D eigenvalue weighted by atomic mass is 9.82. The van der Waals surface area contributed by atoms with Crippen molar-refractivity contribution < 1.29 is 4.39 Å². The van der Waals surface area contributed by atoms with E-state index in [0.717, 1.165) is 13.0 Å². The SMILES string of the molecule is CC(C)C(C)(F)C1CCN1. The van der Waals surface area contributed by atoms with Crippen LogP contribution in [0.5, 0.6) is 0 Å². The maximum absolute atomic E-state index is 13.6. The van der Waals surface area contributed by atoms with E-state index in [9.17, 15) is 4.39 Å². The molecule has 1 saturated heterocycles. The molecule has 0 radical (unpaired) electrons. The molecule has 0 aromatic heterocycles. The van der Waals surface area contributed by atoms with Crippen LogP contribution in [0.1, 0.15) is 27.2 Å². The summed E-state index contributed by atoms with van der Waals surface area (Å²) in [7, 11) is 0. The predicted molar refractivity (Wildman–Crippen MR) is 40.8 cm³/mol. The Labute approximate surface area is 62.0 Å². The van der Waals surface area contributed by atoms with E-state index in [4.69, 9.17) is 0 Å². The van der Waals surface area contributed by atoms with Crippen molar-refractivity contribution in [1.82, 2.24) is 5.32 Å². The zero-order valence-electron chi connectivity index (χ0n) is 6.95. The minimum Gasteiger partial charge on any atom is -0.311 e. The smallest absolute Gasteiger partial charge is 0.125 e. The second-order valence-electron chi connectivity index (χ2n) is 3.60. The number of alkyl halides is 1. The molecular formula is C8H16FN. The Hall–Kier alpha value is -0.110. The molecule has 10 heavy (non-hydrogen) atoms. The number of nitrogens with one attached hydrogen (secondary N) is 1. The van der Waals surface area contributed by atoms with E-state index < -0.39 is 5.67 Å². The molecule has 0 amide bonds. The second-order valence-corrected chi connectivity index (χ2v) is 3.60. The highest BCUT2D eigenvalue weighted by atomic mass is 19.1. The van der Waals surface area contributed by atoms with Crippen LogP contribution in [-0.4, -0.2) is 18.3 Å². The van der Waals surface area contributed by atoms with Crippen LogP contribution in [0.2, 0.25) is 0 Å². The van der Waals surface area contributed by atoms with E-state index >= 15 is 0 Å². The maximum Gasteiger partial charge on any atom is 0.125 e. The van der Waals surface area contributed by atoms with E-state index in [1.54, 1.807) is 6.92 Å². The summed E-state index contributed by atoms with van der Waals surface area (Å²) < 4.78 is 13.6. The van der Waals surface area contributed by atoms with E-state index in [0.29, 0.717) is 0 Å². The van der Waals surface area contributed by atoms with Gasteiger partial charge in [0, 0.05) is 6.04 Å². The van der Waals surface area contributed by atoms with Crippen LogP contribution < -0.4 is 5.32 Å². The number of rotatable bonds is 2. The van der Waals surface area contributed by atoms with Crippen molar-refractivity contribution in [3.05, 3.63) is 0 Å². The van der Waals surface area contributed by atoms with E-state index in [2.05, 4.69) is 5.32 Å². The highest BCUT2D eigenvalue weighted by Gasteiger charge is 2.40. The van der Waals surface area contributed by atoms with Gasteiger partial charge in [0.15, 0.2) is 0 Å². The summed E-state index contributed by atoms with van der Waals surface area (Å²) in [6.45, 7) is 6.53. The third-order valence-electron chi connectivity index (χ3n) is 2.63. The molecule has 0 aromatic carbocycles. The van der Waals surface area contributed by atoms with Gasteiger partial charge in [-0.25, -0.2) is 4.39 Å². The van der Waals surface area contributed by atoms with Gasteiger partial charge in [0.2, 0.25) is 0 Å². The topological polar surface area (TPSA) is 12.0 Å². The molecule has 0 saturated carbocycles. The maximum atomic E-state index is 13.6. The van der Waals surface area contributed by atoms with Gasteiger partial charge in [0.1, 0.15) is 5.67 Å². The van der Waals surface area contributed by atoms with Gasteiger partial charge >= 0.3 is 0 Å². The fourth-order valence-corrected chi connectivity index (χ4v) is 1.17. The van der Waals surface area contributed by atoms with Gasteiger partial charge in [-0.15, -0.1) is 0 Å². The third-order valence-corrected chi connectivity index (χ3v) is 2.63.